The Labute approximate surface area is 175 Å². The maximum Gasteiger partial charge on any atom is 0.257 e. The Kier molecular flexibility index (Phi) is 5.49. The van der Waals surface area contributed by atoms with Gasteiger partial charge in [-0.05, 0) is 42.3 Å². The molecule has 0 spiro atoms. The molecule has 1 N–H and O–H groups in total. The molecule has 0 atom stereocenters. The highest BCUT2D eigenvalue weighted by Crippen LogP contribution is 2.25. The van der Waals surface area contributed by atoms with E-state index in [0.717, 1.165) is 16.8 Å². The van der Waals surface area contributed by atoms with Crippen LogP contribution in [-0.4, -0.2) is 20.4 Å². The predicted molar refractivity (Wildman–Crippen MR) is 114 cm³/mol. The van der Waals surface area contributed by atoms with E-state index in [1.807, 2.05) is 24.4 Å². The van der Waals surface area contributed by atoms with Crippen molar-refractivity contribution in [2.45, 2.75) is 13.5 Å². The van der Waals surface area contributed by atoms with Gasteiger partial charge in [-0.15, -0.1) is 11.3 Å². The molecule has 0 aliphatic carbocycles. The number of hydrogen-bond donors (Lipinski definition) is 1. The monoisotopic (exact) mass is 420 g/mol. The third-order valence-corrected chi connectivity index (χ3v) is 5.26. The summed E-state index contributed by atoms with van der Waals surface area (Å²) in [6.45, 7) is 2.24. The van der Waals surface area contributed by atoms with Crippen molar-refractivity contribution in [1.82, 2.24) is 14.5 Å². The molecule has 0 fully saturated rings. The van der Waals surface area contributed by atoms with Gasteiger partial charge in [-0.25, -0.2) is 9.37 Å². The molecular formula is C22H17FN4O2S. The molecule has 0 unspecified atom stereocenters. The number of benzene rings is 1. The number of rotatable bonds is 5. The normalized spacial score (nSPS) is 10.7. The Morgan fingerprint density at radius 1 is 1.20 bits per heavy atom. The van der Waals surface area contributed by atoms with Crippen LogP contribution in [0.2, 0.25) is 0 Å². The van der Waals surface area contributed by atoms with Crippen LogP contribution in [0.5, 0.6) is 0 Å². The number of aryl methyl sites for hydroxylation is 1. The van der Waals surface area contributed by atoms with Gasteiger partial charge in [-0.3, -0.25) is 19.9 Å². The molecule has 6 nitrogen and oxygen atoms in total. The van der Waals surface area contributed by atoms with Crippen molar-refractivity contribution < 1.29 is 9.18 Å². The quantitative estimate of drug-likeness (QED) is 0.527. The van der Waals surface area contributed by atoms with Crippen LogP contribution >= 0.6 is 11.3 Å². The summed E-state index contributed by atoms with van der Waals surface area (Å²) >= 11 is 1.29. The lowest BCUT2D eigenvalue weighted by Crippen LogP contribution is -2.22. The molecule has 1 amide bonds. The third-order valence-electron chi connectivity index (χ3n) is 4.50. The fourth-order valence-corrected chi connectivity index (χ4v) is 3.62. The number of amides is 1. The van der Waals surface area contributed by atoms with Gasteiger partial charge in [-0.1, -0.05) is 18.2 Å². The number of aromatic nitrogens is 3. The Hall–Kier alpha value is -3.65. The van der Waals surface area contributed by atoms with E-state index in [0.29, 0.717) is 17.4 Å². The Bertz CT molecular complexity index is 1260. The van der Waals surface area contributed by atoms with Crippen molar-refractivity contribution in [1.29, 1.82) is 0 Å². The van der Waals surface area contributed by atoms with Crippen LogP contribution in [0.1, 0.15) is 21.5 Å². The Morgan fingerprint density at radius 3 is 2.73 bits per heavy atom. The zero-order valence-corrected chi connectivity index (χ0v) is 16.8. The largest absolute Gasteiger partial charge is 0.311 e. The average Bonchev–Trinajstić information content (AvgIpc) is 3.19. The first-order valence-electron chi connectivity index (χ1n) is 9.13. The van der Waals surface area contributed by atoms with Gasteiger partial charge in [0.2, 0.25) is 0 Å². The first-order valence-corrected chi connectivity index (χ1v) is 10.0. The van der Waals surface area contributed by atoms with Gasteiger partial charge in [0, 0.05) is 29.4 Å². The summed E-state index contributed by atoms with van der Waals surface area (Å²) in [6, 6.07) is 12.6. The fourth-order valence-electron chi connectivity index (χ4n) is 2.93. The summed E-state index contributed by atoms with van der Waals surface area (Å²) in [4.78, 5) is 33.7. The highest BCUT2D eigenvalue weighted by atomic mass is 32.1. The molecule has 3 heterocycles. The van der Waals surface area contributed by atoms with Crippen LogP contribution in [0.3, 0.4) is 0 Å². The minimum atomic E-state index is -0.417. The molecule has 0 aliphatic heterocycles. The summed E-state index contributed by atoms with van der Waals surface area (Å²) < 4.78 is 14.5. The molecule has 4 aromatic rings. The van der Waals surface area contributed by atoms with Gasteiger partial charge in [0.05, 0.1) is 12.2 Å². The lowest BCUT2D eigenvalue weighted by Gasteiger charge is -2.07. The number of halogens is 1. The van der Waals surface area contributed by atoms with Crippen molar-refractivity contribution in [2.24, 2.45) is 0 Å². The highest BCUT2D eigenvalue weighted by Gasteiger charge is 2.13. The minimum Gasteiger partial charge on any atom is -0.311 e. The zero-order valence-electron chi connectivity index (χ0n) is 16.0. The van der Waals surface area contributed by atoms with E-state index in [2.05, 4.69) is 15.3 Å². The summed E-state index contributed by atoms with van der Waals surface area (Å²) in [5, 5.41) is 4.97. The summed E-state index contributed by atoms with van der Waals surface area (Å²) in [5.41, 5.74) is 3.14. The van der Waals surface area contributed by atoms with Crippen molar-refractivity contribution >= 4 is 22.4 Å². The number of nitrogens with one attached hydrogen (secondary N) is 1. The van der Waals surface area contributed by atoms with E-state index in [9.17, 15) is 14.0 Å². The number of anilines is 1. The second kappa shape index (κ2) is 8.38. The van der Waals surface area contributed by atoms with Crippen LogP contribution in [0.15, 0.2) is 71.1 Å². The number of pyridine rings is 2. The van der Waals surface area contributed by atoms with E-state index < -0.39 is 5.91 Å². The van der Waals surface area contributed by atoms with Crippen molar-refractivity contribution in [3.63, 3.8) is 0 Å². The predicted octanol–water partition coefficient (Wildman–Crippen LogP) is 4.11. The van der Waals surface area contributed by atoms with Gasteiger partial charge >= 0.3 is 0 Å². The molecule has 0 saturated carbocycles. The molecule has 1 aromatic carbocycles. The number of thiazole rings is 1. The van der Waals surface area contributed by atoms with Crippen LogP contribution < -0.4 is 10.9 Å². The maximum atomic E-state index is 13.0. The maximum absolute atomic E-state index is 13.0. The lowest BCUT2D eigenvalue weighted by molar-refractivity contribution is 0.102. The first kappa shape index (κ1) is 19.7. The second-order valence-corrected chi connectivity index (χ2v) is 7.53. The van der Waals surface area contributed by atoms with E-state index >= 15 is 0 Å². The standard InChI is InChI=1S/C22H17FN4O2S/c1-14-3-2-9-24-20(14)18-13-30-22(25-18)26-21(29)16-8-10-27(19(28)11-16)12-15-4-6-17(23)7-5-15/h2-11,13H,12H2,1H3,(H,25,26,29). The van der Waals surface area contributed by atoms with Gasteiger partial charge < -0.3 is 4.57 Å². The highest BCUT2D eigenvalue weighted by molar-refractivity contribution is 7.14. The van der Waals surface area contributed by atoms with Crippen LogP contribution in [-0.2, 0) is 6.54 Å². The van der Waals surface area contributed by atoms with Crippen molar-refractivity contribution in [2.75, 3.05) is 5.32 Å². The lowest BCUT2D eigenvalue weighted by atomic mass is 10.2. The number of nitrogens with zero attached hydrogens (tertiary/aromatic N) is 3. The van der Waals surface area contributed by atoms with E-state index in [4.69, 9.17) is 0 Å². The molecule has 8 heteroatoms. The van der Waals surface area contributed by atoms with Gasteiger partial charge in [0.25, 0.3) is 11.5 Å². The van der Waals surface area contributed by atoms with Gasteiger partial charge in [0.1, 0.15) is 11.5 Å². The van der Waals surface area contributed by atoms with E-state index in [1.165, 1.54) is 34.1 Å². The summed E-state index contributed by atoms with van der Waals surface area (Å²) in [6.07, 6.45) is 3.24. The van der Waals surface area contributed by atoms with E-state index in [-0.39, 0.29) is 16.9 Å². The van der Waals surface area contributed by atoms with Gasteiger partial charge in [0.15, 0.2) is 5.13 Å². The molecule has 0 bridgehead atoms. The van der Waals surface area contributed by atoms with Crippen LogP contribution in [0.25, 0.3) is 11.4 Å². The molecule has 30 heavy (non-hydrogen) atoms. The molecule has 3 aromatic heterocycles. The van der Waals surface area contributed by atoms with Crippen molar-refractivity contribution in [3.8, 4) is 11.4 Å². The average molecular weight is 420 g/mol. The smallest absolute Gasteiger partial charge is 0.257 e. The molecule has 4 rings (SSSR count). The minimum absolute atomic E-state index is 0.237. The van der Waals surface area contributed by atoms with Crippen LogP contribution in [0.4, 0.5) is 9.52 Å². The Morgan fingerprint density at radius 2 is 2.00 bits per heavy atom. The molecule has 0 saturated heterocycles. The summed E-state index contributed by atoms with van der Waals surface area (Å²) in [5.74, 6) is -0.749. The fraction of sp³-hybridized carbons (Fsp3) is 0.0909. The molecule has 0 radical (unpaired) electrons. The zero-order chi connectivity index (χ0) is 21.1. The number of carbonyl (C=O) groups is 1. The number of hydrogen-bond acceptors (Lipinski definition) is 5. The van der Waals surface area contributed by atoms with E-state index in [1.54, 1.807) is 30.6 Å². The third kappa shape index (κ3) is 4.33. The SMILES string of the molecule is Cc1cccnc1-c1csc(NC(=O)c2ccn(Cc3ccc(F)cc3)c(=O)c2)n1. The van der Waals surface area contributed by atoms with Crippen LogP contribution in [0, 0.1) is 12.7 Å². The van der Waals surface area contributed by atoms with Gasteiger partial charge in [-0.2, -0.15) is 0 Å². The first-order chi connectivity index (χ1) is 14.5. The second-order valence-electron chi connectivity index (χ2n) is 6.67. The Balaban J connectivity index is 1.48. The molecule has 0 aliphatic rings. The topological polar surface area (TPSA) is 76.9 Å². The molecular weight excluding hydrogens is 403 g/mol. The van der Waals surface area contributed by atoms with Crippen molar-refractivity contribution in [3.05, 3.63) is 99.2 Å². The molecule has 150 valence electrons. The number of carbonyl (C=O) groups excluding carboxylic acids is 1. The summed E-state index contributed by atoms with van der Waals surface area (Å²) in [7, 11) is 0.